The van der Waals surface area contributed by atoms with Gasteiger partial charge in [0.25, 0.3) is 0 Å². The first kappa shape index (κ1) is 12.1. The van der Waals surface area contributed by atoms with E-state index in [1.165, 1.54) is 0 Å². The number of nitrogens with zero attached hydrogens (tertiary/aromatic N) is 2. The molecule has 1 saturated heterocycles. The third-order valence-corrected chi connectivity index (χ3v) is 3.47. The fourth-order valence-electron chi connectivity index (χ4n) is 1.89. The smallest absolute Gasteiger partial charge is 0.130 e. The molecule has 88 valence electrons. The Morgan fingerprint density at radius 3 is 3.06 bits per heavy atom. The maximum Gasteiger partial charge on any atom is 0.130 e. The van der Waals surface area contributed by atoms with Gasteiger partial charge in [-0.3, -0.25) is 4.90 Å². The summed E-state index contributed by atoms with van der Waals surface area (Å²) in [6, 6.07) is 2.23. The van der Waals surface area contributed by atoms with E-state index in [9.17, 15) is 0 Å². The number of halogens is 2. The molecule has 1 aliphatic rings. The first-order valence-corrected chi connectivity index (χ1v) is 6.17. The van der Waals surface area contributed by atoms with Crippen molar-refractivity contribution in [3.8, 4) is 0 Å². The van der Waals surface area contributed by atoms with Crippen LogP contribution in [0.25, 0.3) is 0 Å². The van der Waals surface area contributed by atoms with Gasteiger partial charge >= 0.3 is 0 Å². The van der Waals surface area contributed by atoms with E-state index >= 15 is 0 Å². The topological polar surface area (TPSA) is 28.2 Å². The second-order valence-corrected chi connectivity index (χ2v) is 4.92. The van der Waals surface area contributed by atoms with Gasteiger partial charge in [0.05, 0.1) is 0 Å². The predicted molar refractivity (Wildman–Crippen MR) is 67.0 cm³/mol. The molecule has 3 nitrogen and oxygen atoms in total. The summed E-state index contributed by atoms with van der Waals surface area (Å²) in [5.41, 5.74) is 1.04. The lowest BCUT2D eigenvalue weighted by Gasteiger charge is -2.33. The highest BCUT2D eigenvalue weighted by molar-refractivity contribution is 6.34. The molecule has 1 atom stereocenters. The fraction of sp³-hybridized carbons (Fsp3) is 0.545. The van der Waals surface area contributed by atoms with Crippen molar-refractivity contribution in [2.24, 2.45) is 0 Å². The molecule has 0 amide bonds. The van der Waals surface area contributed by atoms with E-state index < -0.39 is 0 Å². The third-order valence-electron chi connectivity index (χ3n) is 2.91. The highest BCUT2D eigenvalue weighted by Crippen LogP contribution is 2.21. The molecule has 0 aliphatic carbocycles. The summed E-state index contributed by atoms with van der Waals surface area (Å²) in [5, 5.41) is 4.51. The second kappa shape index (κ2) is 5.32. The highest BCUT2D eigenvalue weighted by atomic mass is 35.5. The monoisotopic (exact) mass is 259 g/mol. The minimum Gasteiger partial charge on any atom is -0.314 e. The number of aromatic nitrogens is 1. The largest absolute Gasteiger partial charge is 0.314 e. The van der Waals surface area contributed by atoms with Crippen molar-refractivity contribution < 1.29 is 0 Å². The summed E-state index contributed by atoms with van der Waals surface area (Å²) in [6.45, 7) is 6.15. The van der Waals surface area contributed by atoms with Gasteiger partial charge in [0.15, 0.2) is 0 Å². The Bertz CT molecular complexity index is 370. The van der Waals surface area contributed by atoms with Crippen molar-refractivity contribution in [2.45, 2.75) is 19.5 Å². The van der Waals surface area contributed by atoms with Gasteiger partial charge in [-0.25, -0.2) is 4.98 Å². The molecule has 0 spiro atoms. The number of hydrogen-bond acceptors (Lipinski definition) is 3. The number of rotatable bonds is 2. The zero-order chi connectivity index (χ0) is 11.5. The van der Waals surface area contributed by atoms with Crippen LogP contribution in [0.5, 0.6) is 0 Å². The molecule has 1 fully saturated rings. The molecule has 0 saturated carbocycles. The number of pyridine rings is 1. The molecule has 2 heterocycles. The first-order chi connectivity index (χ1) is 7.66. The first-order valence-electron chi connectivity index (χ1n) is 5.41. The molecular weight excluding hydrogens is 245 g/mol. The summed E-state index contributed by atoms with van der Waals surface area (Å²) >= 11 is 11.9. The van der Waals surface area contributed by atoms with E-state index in [1.807, 2.05) is 0 Å². The van der Waals surface area contributed by atoms with Gasteiger partial charge in [0, 0.05) is 49.0 Å². The quantitative estimate of drug-likeness (QED) is 0.826. The van der Waals surface area contributed by atoms with Gasteiger partial charge in [-0.2, -0.15) is 0 Å². The van der Waals surface area contributed by atoms with E-state index in [0.717, 1.165) is 31.7 Å². The van der Waals surface area contributed by atoms with Crippen LogP contribution in [0.2, 0.25) is 10.2 Å². The Balaban J connectivity index is 2.07. The van der Waals surface area contributed by atoms with Crippen LogP contribution < -0.4 is 5.32 Å². The average molecular weight is 260 g/mol. The lowest BCUT2D eigenvalue weighted by molar-refractivity contribution is 0.165. The van der Waals surface area contributed by atoms with Crippen molar-refractivity contribution >= 4 is 23.2 Å². The summed E-state index contributed by atoms with van der Waals surface area (Å²) in [6.07, 6.45) is 1.76. The Labute approximate surface area is 106 Å². The predicted octanol–water partition coefficient (Wildman–Crippen LogP) is 2.18. The Morgan fingerprint density at radius 1 is 1.56 bits per heavy atom. The summed E-state index contributed by atoms with van der Waals surface area (Å²) in [4.78, 5) is 6.47. The van der Waals surface area contributed by atoms with Gasteiger partial charge in [-0.15, -0.1) is 0 Å². The summed E-state index contributed by atoms with van der Waals surface area (Å²) < 4.78 is 0. The lowest BCUT2D eigenvalue weighted by atomic mass is 10.2. The zero-order valence-electron chi connectivity index (χ0n) is 9.21. The van der Waals surface area contributed by atoms with Crippen LogP contribution in [0.4, 0.5) is 0 Å². The van der Waals surface area contributed by atoms with Gasteiger partial charge in [-0.05, 0) is 13.0 Å². The number of nitrogens with one attached hydrogen (secondary N) is 1. The van der Waals surface area contributed by atoms with Gasteiger partial charge < -0.3 is 5.32 Å². The van der Waals surface area contributed by atoms with E-state index in [2.05, 4.69) is 22.1 Å². The van der Waals surface area contributed by atoms with Gasteiger partial charge in [0.2, 0.25) is 0 Å². The Morgan fingerprint density at radius 2 is 2.38 bits per heavy atom. The molecule has 1 N–H and O–H groups in total. The Kier molecular flexibility index (Phi) is 4.03. The van der Waals surface area contributed by atoms with Crippen LogP contribution in [-0.4, -0.2) is 35.6 Å². The van der Waals surface area contributed by atoms with Crippen LogP contribution in [0, 0.1) is 0 Å². The molecule has 1 aliphatic heterocycles. The summed E-state index contributed by atoms with van der Waals surface area (Å²) in [5.74, 6) is 0. The zero-order valence-corrected chi connectivity index (χ0v) is 10.7. The van der Waals surface area contributed by atoms with Gasteiger partial charge in [-0.1, -0.05) is 23.2 Å². The lowest BCUT2D eigenvalue weighted by Crippen LogP contribution is -2.49. The SMILES string of the molecule is CC1CNCCN1Cc1cnc(Cl)cc1Cl. The van der Waals surface area contributed by atoms with E-state index in [0.29, 0.717) is 16.2 Å². The number of hydrogen-bond donors (Lipinski definition) is 1. The van der Waals surface area contributed by atoms with Crippen molar-refractivity contribution in [3.05, 3.63) is 28.0 Å². The fourth-order valence-corrected chi connectivity index (χ4v) is 2.31. The van der Waals surface area contributed by atoms with E-state index in [1.54, 1.807) is 12.3 Å². The van der Waals surface area contributed by atoms with Gasteiger partial charge in [0.1, 0.15) is 5.15 Å². The maximum atomic E-state index is 6.13. The van der Waals surface area contributed by atoms with Crippen molar-refractivity contribution in [1.82, 2.24) is 15.2 Å². The standard InChI is InChI=1S/C11H15Cl2N3/c1-8-5-14-2-3-16(8)7-9-6-15-11(13)4-10(9)12/h4,6,8,14H,2-3,5,7H2,1H3. The molecule has 16 heavy (non-hydrogen) atoms. The third kappa shape index (κ3) is 2.86. The van der Waals surface area contributed by atoms with Crippen LogP contribution in [0.3, 0.4) is 0 Å². The molecule has 1 aromatic heterocycles. The van der Waals surface area contributed by atoms with Crippen molar-refractivity contribution in [1.29, 1.82) is 0 Å². The molecule has 1 unspecified atom stereocenters. The molecule has 5 heteroatoms. The maximum absolute atomic E-state index is 6.13. The molecule has 1 aromatic rings. The second-order valence-electron chi connectivity index (χ2n) is 4.12. The minimum absolute atomic E-state index is 0.446. The average Bonchev–Trinajstić information content (AvgIpc) is 2.25. The molecule has 0 radical (unpaired) electrons. The highest BCUT2D eigenvalue weighted by Gasteiger charge is 2.18. The molecule has 0 bridgehead atoms. The van der Waals surface area contributed by atoms with Crippen molar-refractivity contribution in [3.63, 3.8) is 0 Å². The number of piperazine rings is 1. The minimum atomic E-state index is 0.446. The van der Waals surface area contributed by atoms with Crippen LogP contribution >= 0.6 is 23.2 Å². The molecular formula is C11H15Cl2N3. The van der Waals surface area contributed by atoms with E-state index in [4.69, 9.17) is 23.2 Å². The molecule has 0 aromatic carbocycles. The Hall–Kier alpha value is -0.350. The molecule has 2 rings (SSSR count). The van der Waals surface area contributed by atoms with Crippen LogP contribution in [-0.2, 0) is 6.54 Å². The normalized spacial score (nSPS) is 22.3. The van der Waals surface area contributed by atoms with E-state index in [-0.39, 0.29) is 0 Å². The van der Waals surface area contributed by atoms with Crippen molar-refractivity contribution in [2.75, 3.05) is 19.6 Å². The van der Waals surface area contributed by atoms with Crippen LogP contribution in [0.1, 0.15) is 12.5 Å². The summed E-state index contributed by atoms with van der Waals surface area (Å²) in [7, 11) is 0. The van der Waals surface area contributed by atoms with Crippen LogP contribution in [0.15, 0.2) is 12.3 Å².